The van der Waals surface area contributed by atoms with Crippen molar-refractivity contribution in [2.45, 2.75) is 79.1 Å². The van der Waals surface area contributed by atoms with Crippen LogP contribution in [0, 0.1) is 0 Å². The molecule has 3 aromatic rings. The fraction of sp³-hybridized carbons (Fsp3) is 0.400. The molecule has 0 saturated carbocycles. The van der Waals surface area contributed by atoms with Crippen molar-refractivity contribution >= 4 is 23.1 Å². The Morgan fingerprint density at radius 3 is 0.912 bits per heavy atom. The average Bonchev–Trinajstić information content (AvgIpc) is 2.87. The molecule has 0 aliphatic rings. The first kappa shape index (κ1) is 25.7. The minimum atomic E-state index is 0.105. The fourth-order valence-electron chi connectivity index (χ4n) is 3.74. The molecule has 0 N–H and O–H groups in total. The Labute approximate surface area is 206 Å². The highest BCUT2D eigenvalue weighted by Crippen LogP contribution is 2.15. The van der Waals surface area contributed by atoms with Gasteiger partial charge in [0.05, 0.1) is 18.3 Å². The summed E-state index contributed by atoms with van der Waals surface area (Å²) in [5.74, 6) is 2.73. The Balaban J connectivity index is 1.92. The molecule has 0 fully saturated rings. The van der Waals surface area contributed by atoms with Crippen molar-refractivity contribution in [1.29, 1.82) is 0 Å². The van der Waals surface area contributed by atoms with E-state index in [9.17, 15) is 0 Å². The molecule has 0 bridgehead atoms. The Kier molecular flexibility index (Phi) is 9.50. The van der Waals surface area contributed by atoms with Gasteiger partial charge in [0.25, 0.3) is 0 Å². The van der Waals surface area contributed by atoms with Crippen LogP contribution in [0.1, 0.15) is 60.8 Å². The van der Waals surface area contributed by atoms with Gasteiger partial charge in [-0.15, -0.1) is 0 Å². The molecule has 0 heterocycles. The molecule has 3 unspecified atom stereocenters. The van der Waals surface area contributed by atoms with E-state index < -0.39 is 0 Å². The highest BCUT2D eigenvalue weighted by Gasteiger charge is 2.22. The summed E-state index contributed by atoms with van der Waals surface area (Å²) in [6, 6.07) is 25.5. The second kappa shape index (κ2) is 12.5. The molecule has 3 rings (SSSR count). The molecular formula is C30H39BO3. The molecule has 0 amide bonds. The zero-order valence-corrected chi connectivity index (χ0v) is 21.6. The second-order valence-corrected chi connectivity index (χ2v) is 9.15. The summed E-state index contributed by atoms with van der Waals surface area (Å²) in [6.45, 7) is 12.8. The third-order valence-electron chi connectivity index (χ3n) is 6.38. The minimum Gasteiger partial charge on any atom is -0.491 e. The first-order chi connectivity index (χ1) is 16.4. The van der Waals surface area contributed by atoms with Crippen molar-refractivity contribution in [3.63, 3.8) is 0 Å². The molecule has 0 spiro atoms. The van der Waals surface area contributed by atoms with Gasteiger partial charge in [0.15, 0.2) is 0 Å². The smallest absolute Gasteiger partial charge is 0.241 e. The van der Waals surface area contributed by atoms with E-state index in [-0.39, 0.29) is 25.0 Å². The predicted octanol–water partition coefficient (Wildman–Crippen LogP) is 5.73. The zero-order valence-electron chi connectivity index (χ0n) is 21.6. The van der Waals surface area contributed by atoms with Crippen LogP contribution in [0.25, 0.3) is 0 Å². The van der Waals surface area contributed by atoms with Gasteiger partial charge >= 0.3 is 0 Å². The van der Waals surface area contributed by atoms with Crippen molar-refractivity contribution in [2.24, 2.45) is 0 Å². The summed E-state index contributed by atoms with van der Waals surface area (Å²) in [7, 11) is 0. The van der Waals surface area contributed by atoms with Gasteiger partial charge in [-0.3, -0.25) is 0 Å². The first-order valence-electron chi connectivity index (χ1n) is 12.7. The van der Waals surface area contributed by atoms with E-state index in [2.05, 4.69) is 114 Å². The third-order valence-corrected chi connectivity index (χ3v) is 6.38. The molecule has 0 saturated heterocycles. The van der Waals surface area contributed by atoms with E-state index in [1.807, 2.05) is 0 Å². The van der Waals surface area contributed by atoms with Crippen molar-refractivity contribution in [3.05, 3.63) is 72.8 Å². The number of benzene rings is 3. The second-order valence-electron chi connectivity index (χ2n) is 9.15. The summed E-state index contributed by atoms with van der Waals surface area (Å²) >= 11 is 0. The molecule has 3 atom stereocenters. The van der Waals surface area contributed by atoms with Gasteiger partial charge in [-0.2, -0.15) is 0 Å². The molecule has 180 valence electrons. The summed E-state index contributed by atoms with van der Waals surface area (Å²) in [5.41, 5.74) is 3.67. The third kappa shape index (κ3) is 7.06. The molecule has 4 heteroatoms. The predicted molar refractivity (Wildman–Crippen MR) is 145 cm³/mol. The quantitative estimate of drug-likeness (QED) is 0.324. The van der Waals surface area contributed by atoms with Crippen LogP contribution in [0.4, 0.5) is 0 Å². The first-order valence-corrected chi connectivity index (χ1v) is 12.7. The maximum atomic E-state index is 6.00. The van der Waals surface area contributed by atoms with Crippen LogP contribution in [0.5, 0.6) is 17.2 Å². The molecule has 34 heavy (non-hydrogen) atoms. The van der Waals surface area contributed by atoms with E-state index >= 15 is 0 Å². The van der Waals surface area contributed by atoms with Crippen molar-refractivity contribution < 1.29 is 14.2 Å². The van der Waals surface area contributed by atoms with E-state index in [1.54, 1.807) is 0 Å². The van der Waals surface area contributed by atoms with Crippen LogP contribution in [0.15, 0.2) is 72.8 Å². The highest BCUT2D eigenvalue weighted by molar-refractivity contribution is 6.95. The Bertz CT molecular complexity index is 851. The molecular weight excluding hydrogens is 419 g/mol. The minimum absolute atomic E-state index is 0.105. The lowest BCUT2D eigenvalue weighted by atomic mass is 9.37. The van der Waals surface area contributed by atoms with E-state index in [4.69, 9.17) is 14.2 Å². The van der Waals surface area contributed by atoms with Crippen LogP contribution >= 0.6 is 0 Å². The standard InChI is InChI=1S/C30H39BO3/c1-7-22(4)32-28-16-10-25(11-17-28)31(26-12-18-29(19-13-26)33-23(5)8-2)27-14-20-30(21-15-27)34-24(6)9-3/h10-24H,7-9H2,1-6H3. The lowest BCUT2D eigenvalue weighted by Crippen LogP contribution is -2.51. The normalized spacial score (nSPS) is 13.6. The zero-order chi connectivity index (χ0) is 24.5. The summed E-state index contributed by atoms with van der Waals surface area (Å²) in [5, 5.41) is 0. The monoisotopic (exact) mass is 458 g/mol. The Hall–Kier alpha value is -2.88. The number of ether oxygens (including phenoxy) is 3. The van der Waals surface area contributed by atoms with Gasteiger partial charge < -0.3 is 14.2 Å². The van der Waals surface area contributed by atoms with Crippen molar-refractivity contribution in [3.8, 4) is 17.2 Å². The molecule has 0 radical (unpaired) electrons. The van der Waals surface area contributed by atoms with E-state index in [0.29, 0.717) is 0 Å². The highest BCUT2D eigenvalue weighted by atomic mass is 16.5. The maximum absolute atomic E-state index is 6.00. The lowest BCUT2D eigenvalue weighted by Gasteiger charge is -2.19. The summed E-state index contributed by atoms with van der Waals surface area (Å²) < 4.78 is 18.0. The topological polar surface area (TPSA) is 27.7 Å². The number of hydrogen-bond acceptors (Lipinski definition) is 3. The van der Waals surface area contributed by atoms with Crippen LogP contribution in [0.2, 0.25) is 0 Å². The van der Waals surface area contributed by atoms with Gasteiger partial charge in [-0.1, -0.05) is 73.6 Å². The fourth-order valence-corrected chi connectivity index (χ4v) is 3.74. The molecule has 0 aliphatic carbocycles. The van der Waals surface area contributed by atoms with Crippen LogP contribution in [-0.4, -0.2) is 25.0 Å². The van der Waals surface area contributed by atoms with Gasteiger partial charge in [-0.25, -0.2) is 0 Å². The van der Waals surface area contributed by atoms with Gasteiger partial charge in [0.2, 0.25) is 6.71 Å². The molecule has 0 aliphatic heterocycles. The van der Waals surface area contributed by atoms with Crippen LogP contribution < -0.4 is 30.6 Å². The molecule has 3 nitrogen and oxygen atoms in total. The molecule has 3 aromatic carbocycles. The SMILES string of the molecule is CCC(C)Oc1ccc(B(c2ccc(OC(C)CC)cc2)c2ccc(OC(C)CC)cc2)cc1. The van der Waals surface area contributed by atoms with E-state index in [0.717, 1.165) is 36.5 Å². The van der Waals surface area contributed by atoms with Gasteiger partial charge in [0, 0.05) is 0 Å². The number of rotatable bonds is 12. The maximum Gasteiger partial charge on any atom is 0.241 e. The lowest BCUT2D eigenvalue weighted by molar-refractivity contribution is 0.217. The van der Waals surface area contributed by atoms with Gasteiger partial charge in [-0.05, 0) is 76.4 Å². The summed E-state index contributed by atoms with van der Waals surface area (Å²) in [4.78, 5) is 0. The van der Waals surface area contributed by atoms with Crippen molar-refractivity contribution in [2.75, 3.05) is 0 Å². The average molecular weight is 458 g/mol. The largest absolute Gasteiger partial charge is 0.491 e. The Morgan fingerprint density at radius 2 is 0.706 bits per heavy atom. The van der Waals surface area contributed by atoms with E-state index in [1.165, 1.54) is 16.4 Å². The summed E-state index contributed by atoms with van der Waals surface area (Å²) in [6.07, 6.45) is 3.58. The van der Waals surface area contributed by atoms with Gasteiger partial charge in [0.1, 0.15) is 17.2 Å². The van der Waals surface area contributed by atoms with Crippen molar-refractivity contribution in [1.82, 2.24) is 0 Å². The Morgan fingerprint density at radius 1 is 0.471 bits per heavy atom. The molecule has 0 aromatic heterocycles. The number of hydrogen-bond donors (Lipinski definition) is 0. The van der Waals surface area contributed by atoms with Crippen LogP contribution in [0.3, 0.4) is 0 Å². The van der Waals surface area contributed by atoms with Crippen LogP contribution in [-0.2, 0) is 0 Å².